The van der Waals surface area contributed by atoms with Crippen molar-refractivity contribution >= 4 is 18.0 Å². The molecule has 3 rings (SSSR count). The van der Waals surface area contributed by atoms with E-state index in [1.165, 1.54) is 25.2 Å². The average molecular weight is 575 g/mol. The summed E-state index contributed by atoms with van der Waals surface area (Å²) in [6, 6.07) is 10.9. The summed E-state index contributed by atoms with van der Waals surface area (Å²) >= 11 is 0. The lowest BCUT2D eigenvalue weighted by molar-refractivity contribution is -0.134. The number of carbonyl (C=O) groups excluding carboxylic acids is 2. The number of nitrogens with zero attached hydrogens (tertiary/aromatic N) is 1. The van der Waals surface area contributed by atoms with Gasteiger partial charge in [0, 0.05) is 25.7 Å². The molecule has 0 saturated heterocycles. The van der Waals surface area contributed by atoms with E-state index in [1.807, 2.05) is 30.3 Å². The number of aliphatic hydroxyl groups excluding tert-OH is 1. The average Bonchev–Trinajstić information content (AvgIpc) is 2.93. The first-order chi connectivity index (χ1) is 19.6. The molecule has 0 heterocycles. The highest BCUT2D eigenvalue weighted by Crippen LogP contribution is 2.45. The highest BCUT2D eigenvalue weighted by atomic mass is 19.1. The van der Waals surface area contributed by atoms with Crippen molar-refractivity contribution in [2.24, 2.45) is 5.41 Å². The molecule has 1 aliphatic carbocycles. The van der Waals surface area contributed by atoms with Gasteiger partial charge in [-0.3, -0.25) is 4.79 Å². The van der Waals surface area contributed by atoms with Crippen molar-refractivity contribution in [2.45, 2.75) is 70.1 Å². The van der Waals surface area contributed by atoms with E-state index in [0.717, 1.165) is 16.9 Å². The molecule has 0 spiro atoms. The van der Waals surface area contributed by atoms with E-state index in [2.05, 4.69) is 16.0 Å². The maximum absolute atomic E-state index is 14.5. The molecule has 0 radical (unpaired) electrons. The van der Waals surface area contributed by atoms with Gasteiger partial charge in [-0.05, 0) is 68.6 Å². The van der Waals surface area contributed by atoms with Crippen molar-refractivity contribution in [1.82, 2.24) is 20.9 Å². The summed E-state index contributed by atoms with van der Waals surface area (Å²) in [4.78, 5) is 38.3. The van der Waals surface area contributed by atoms with Gasteiger partial charge < -0.3 is 31.1 Å². The summed E-state index contributed by atoms with van der Waals surface area (Å²) in [5.74, 6) is -2.09. The van der Waals surface area contributed by atoms with Gasteiger partial charge in [-0.1, -0.05) is 42.8 Å². The Bertz CT molecular complexity index is 1160. The fourth-order valence-electron chi connectivity index (χ4n) is 5.38. The Hall–Kier alpha value is -3.73. The van der Waals surface area contributed by atoms with Crippen LogP contribution in [0, 0.1) is 17.0 Å². The van der Waals surface area contributed by atoms with Crippen molar-refractivity contribution < 1.29 is 33.4 Å². The molecule has 4 amide bonds. The molecule has 1 aliphatic rings. The molecule has 0 aliphatic heterocycles. The fraction of sp³-hybridized carbons (Fsp3) is 0.500. The minimum Gasteiger partial charge on any atom is -0.465 e. The summed E-state index contributed by atoms with van der Waals surface area (Å²) in [6.45, 7) is 2.00. The minimum atomic E-state index is -1.69. The van der Waals surface area contributed by atoms with Gasteiger partial charge in [0.05, 0.1) is 12.1 Å². The molecule has 5 N–H and O–H groups in total. The Kier molecular flexibility index (Phi) is 11.5. The minimum absolute atomic E-state index is 0.00535. The molecular formula is C30H40F2N4O5. The first-order valence-corrected chi connectivity index (χ1v) is 14.0. The van der Waals surface area contributed by atoms with Gasteiger partial charge in [0.2, 0.25) is 0 Å². The monoisotopic (exact) mass is 574 g/mol. The Morgan fingerprint density at radius 2 is 1.68 bits per heavy atom. The van der Waals surface area contributed by atoms with Crippen LogP contribution in [0.1, 0.15) is 62.6 Å². The normalized spacial score (nSPS) is 16.0. The number of urea groups is 1. The summed E-state index contributed by atoms with van der Waals surface area (Å²) in [5.41, 5.74) is -0.00168. The van der Waals surface area contributed by atoms with Crippen LogP contribution in [0.4, 0.5) is 18.4 Å². The number of hydrogen-bond donors (Lipinski definition) is 5. The number of carbonyl (C=O) groups is 3. The SMILES string of the molecule is CNC(=O)NCCCC[C@@H](C(O)C(=O)N[C@H](C)c1ccccc1)N(CC1(Cc2c(F)cccc2F)CCC1)C(=O)O. The summed E-state index contributed by atoms with van der Waals surface area (Å²) in [6.07, 6.45) is -0.0960. The van der Waals surface area contributed by atoms with Crippen LogP contribution < -0.4 is 16.0 Å². The highest BCUT2D eigenvalue weighted by molar-refractivity contribution is 5.82. The molecule has 1 saturated carbocycles. The third-order valence-electron chi connectivity index (χ3n) is 7.91. The van der Waals surface area contributed by atoms with E-state index in [4.69, 9.17) is 0 Å². The Morgan fingerprint density at radius 3 is 2.24 bits per heavy atom. The molecular weight excluding hydrogens is 534 g/mol. The number of hydrogen-bond acceptors (Lipinski definition) is 4. The molecule has 3 atom stereocenters. The van der Waals surface area contributed by atoms with Crippen LogP contribution in [0.3, 0.4) is 0 Å². The van der Waals surface area contributed by atoms with Crippen LogP contribution in [0.2, 0.25) is 0 Å². The van der Waals surface area contributed by atoms with E-state index in [-0.39, 0.29) is 31.0 Å². The zero-order valence-electron chi connectivity index (χ0n) is 23.5. The molecule has 9 nitrogen and oxygen atoms in total. The maximum atomic E-state index is 14.5. The number of nitrogens with one attached hydrogen (secondary N) is 3. The van der Waals surface area contributed by atoms with Gasteiger partial charge in [-0.25, -0.2) is 18.4 Å². The van der Waals surface area contributed by atoms with Gasteiger partial charge in [0.1, 0.15) is 11.6 Å². The van der Waals surface area contributed by atoms with E-state index in [1.54, 1.807) is 6.92 Å². The van der Waals surface area contributed by atoms with Gasteiger partial charge in [0.25, 0.3) is 5.91 Å². The largest absolute Gasteiger partial charge is 0.465 e. The second kappa shape index (κ2) is 14.8. The molecule has 11 heteroatoms. The number of amides is 4. The second-order valence-corrected chi connectivity index (χ2v) is 10.8. The lowest BCUT2D eigenvalue weighted by Crippen LogP contribution is -2.56. The highest BCUT2D eigenvalue weighted by Gasteiger charge is 2.44. The lowest BCUT2D eigenvalue weighted by Gasteiger charge is -2.47. The molecule has 2 aromatic rings. The van der Waals surface area contributed by atoms with Crippen LogP contribution in [0.5, 0.6) is 0 Å². The quantitative estimate of drug-likeness (QED) is 0.214. The van der Waals surface area contributed by atoms with E-state index in [9.17, 15) is 33.4 Å². The van der Waals surface area contributed by atoms with Crippen LogP contribution in [0.25, 0.3) is 0 Å². The molecule has 1 unspecified atom stereocenters. The number of benzene rings is 2. The summed E-state index contributed by atoms with van der Waals surface area (Å²) in [5, 5.41) is 29.4. The van der Waals surface area contributed by atoms with Crippen LogP contribution in [0.15, 0.2) is 48.5 Å². The molecule has 2 aromatic carbocycles. The molecule has 0 aromatic heterocycles. The fourth-order valence-corrected chi connectivity index (χ4v) is 5.38. The van der Waals surface area contributed by atoms with Gasteiger partial charge in [-0.2, -0.15) is 0 Å². The van der Waals surface area contributed by atoms with Gasteiger partial charge in [-0.15, -0.1) is 0 Å². The number of aliphatic hydroxyl groups is 1. The van der Waals surface area contributed by atoms with Crippen LogP contribution in [-0.4, -0.2) is 65.4 Å². The standard InChI is InChI=1S/C30H40F2N4O5/c1-20(21-10-4-3-5-11-21)35-27(38)26(37)25(14-6-7-17-34-28(39)33-2)36(29(40)41)19-30(15-9-16-30)18-22-23(31)12-8-13-24(22)32/h3-5,8,10-13,20,25-26,37H,6-7,9,14-19H2,1-2H3,(H,35,38)(H,40,41)(H2,33,34,39)/t20-,25+,26?/m1/s1. The molecule has 1 fully saturated rings. The number of rotatable bonds is 14. The predicted molar refractivity (Wildman–Crippen MR) is 150 cm³/mol. The van der Waals surface area contributed by atoms with Crippen molar-refractivity contribution in [1.29, 1.82) is 0 Å². The maximum Gasteiger partial charge on any atom is 0.407 e. The second-order valence-electron chi connectivity index (χ2n) is 10.8. The zero-order chi connectivity index (χ0) is 30.0. The van der Waals surface area contributed by atoms with Crippen molar-refractivity contribution in [2.75, 3.05) is 20.1 Å². The third kappa shape index (κ3) is 8.63. The van der Waals surface area contributed by atoms with Gasteiger partial charge >= 0.3 is 12.1 Å². The van der Waals surface area contributed by atoms with E-state index in [0.29, 0.717) is 32.2 Å². The first-order valence-electron chi connectivity index (χ1n) is 14.0. The molecule has 224 valence electrons. The van der Waals surface area contributed by atoms with Gasteiger partial charge in [0.15, 0.2) is 6.10 Å². The van der Waals surface area contributed by atoms with Crippen molar-refractivity contribution in [3.63, 3.8) is 0 Å². The summed E-state index contributed by atoms with van der Waals surface area (Å²) in [7, 11) is 1.49. The third-order valence-corrected chi connectivity index (χ3v) is 7.91. The molecule has 41 heavy (non-hydrogen) atoms. The zero-order valence-corrected chi connectivity index (χ0v) is 23.5. The smallest absolute Gasteiger partial charge is 0.407 e. The van der Waals surface area contributed by atoms with E-state index < -0.39 is 47.2 Å². The topological polar surface area (TPSA) is 131 Å². The first kappa shape index (κ1) is 31.8. The Labute approximate surface area is 239 Å². The summed E-state index contributed by atoms with van der Waals surface area (Å²) < 4.78 is 29.0. The predicted octanol–water partition coefficient (Wildman–Crippen LogP) is 4.36. The lowest BCUT2D eigenvalue weighted by atomic mass is 9.64. The number of unbranched alkanes of at least 4 members (excludes halogenated alkanes) is 1. The Balaban J connectivity index is 1.80. The number of carboxylic acid groups (broad SMARTS) is 1. The van der Waals surface area contributed by atoms with Crippen LogP contribution in [-0.2, 0) is 11.2 Å². The van der Waals surface area contributed by atoms with Crippen molar-refractivity contribution in [3.8, 4) is 0 Å². The van der Waals surface area contributed by atoms with Crippen molar-refractivity contribution in [3.05, 3.63) is 71.3 Å². The molecule has 0 bridgehead atoms. The Morgan fingerprint density at radius 1 is 1.02 bits per heavy atom. The van der Waals surface area contributed by atoms with Crippen LogP contribution >= 0.6 is 0 Å². The van der Waals surface area contributed by atoms with E-state index >= 15 is 0 Å². The number of halogens is 2.